The smallest absolute Gasteiger partial charge is 0.118 e. The highest BCUT2D eigenvalue weighted by atomic mass is 16.5. The van der Waals surface area contributed by atoms with Crippen molar-refractivity contribution < 1.29 is 14.6 Å². The van der Waals surface area contributed by atoms with E-state index in [9.17, 15) is 0 Å². The van der Waals surface area contributed by atoms with Crippen LogP contribution < -0.4 is 9.47 Å². The summed E-state index contributed by atoms with van der Waals surface area (Å²) in [6.07, 6.45) is 0. The van der Waals surface area contributed by atoms with Crippen LogP contribution in [0.1, 0.15) is 106 Å². The van der Waals surface area contributed by atoms with E-state index in [0.717, 1.165) is 17.1 Å². The molecule has 16 rings (SSSR count). The summed E-state index contributed by atoms with van der Waals surface area (Å²) < 4.78 is 9.83. The van der Waals surface area contributed by atoms with Gasteiger partial charge in [0.05, 0.1) is 20.8 Å². The molecule has 0 spiro atoms. The minimum atomic E-state index is 0.133. The second kappa shape index (κ2) is 48.3. The van der Waals surface area contributed by atoms with E-state index in [0.29, 0.717) is 5.92 Å². The van der Waals surface area contributed by atoms with Gasteiger partial charge in [-0.3, -0.25) is 0 Å². The zero-order chi connectivity index (χ0) is 83.5. The van der Waals surface area contributed by atoms with Crippen LogP contribution in [0.2, 0.25) is 0 Å². The van der Waals surface area contributed by atoms with Crippen LogP contribution in [0.15, 0.2) is 437 Å². The molecule has 0 unspecified atom stereocenters. The van der Waals surface area contributed by atoms with Gasteiger partial charge in [0, 0.05) is 0 Å². The van der Waals surface area contributed by atoms with E-state index in [-0.39, 0.29) is 17.4 Å². The number of ether oxygens (including phenoxy) is 2. The average molecular weight is 1540 g/mol. The summed E-state index contributed by atoms with van der Waals surface area (Å²) in [6.45, 7) is 26.7. The Kier molecular flexibility index (Phi) is 37.0. The van der Waals surface area contributed by atoms with Gasteiger partial charge in [0.2, 0.25) is 0 Å². The van der Waals surface area contributed by atoms with E-state index in [4.69, 9.17) is 14.6 Å². The van der Waals surface area contributed by atoms with Crippen molar-refractivity contribution in [3.8, 4) is 89.4 Å². The predicted octanol–water partition coefficient (Wildman–Crippen LogP) is 31.3. The van der Waals surface area contributed by atoms with Crippen LogP contribution in [0.5, 0.6) is 11.5 Å². The molecule has 3 heteroatoms. The van der Waals surface area contributed by atoms with E-state index in [2.05, 4.69) is 417 Å². The molecule has 0 aliphatic heterocycles. The van der Waals surface area contributed by atoms with Crippen LogP contribution in [0, 0.1) is 27.7 Å². The molecule has 0 saturated heterocycles. The number of aliphatic hydroxyl groups is 1. The molecule has 0 fully saturated rings. The third-order valence-corrected chi connectivity index (χ3v) is 19.4. The van der Waals surface area contributed by atoms with Crippen LogP contribution >= 0.6 is 0 Å². The number of hydrogen-bond donors (Lipinski definition) is 1. The lowest BCUT2D eigenvalue weighted by Gasteiger charge is -2.21. The maximum atomic E-state index is 8.54. The Morgan fingerprint density at radius 1 is 0.248 bits per heavy atom. The van der Waals surface area contributed by atoms with Gasteiger partial charge in [-0.2, -0.15) is 0 Å². The summed E-state index contributed by atoms with van der Waals surface area (Å²) in [7, 11) is 3.32. The van der Waals surface area contributed by atoms with Gasteiger partial charge in [-0.05, 0) is 192 Å². The minimum absolute atomic E-state index is 0.133. The molecule has 16 aromatic rings. The number of benzene rings is 16. The summed E-state index contributed by atoms with van der Waals surface area (Å²) in [6, 6.07) is 151. The Hall–Kier alpha value is -12.9. The maximum Gasteiger partial charge on any atom is 0.118 e. The van der Waals surface area contributed by atoms with Crippen LogP contribution in [-0.2, 0) is 17.4 Å². The summed E-state index contributed by atoms with van der Waals surface area (Å²) in [4.78, 5) is 0. The number of aryl methyl sites for hydroxylation is 4. The first-order valence-electron chi connectivity index (χ1n) is 40.5. The third-order valence-electron chi connectivity index (χ3n) is 19.4. The van der Waals surface area contributed by atoms with Crippen molar-refractivity contribution in [2.24, 2.45) is 0 Å². The van der Waals surface area contributed by atoms with Crippen molar-refractivity contribution in [1.82, 2.24) is 0 Å². The molecule has 3 nitrogen and oxygen atoms in total. The SMILES string of the molecule is CC(C)(C)c1cc(-c2ccccc2)cc(-c2ccccc2)c1.CC(C)(C)c1cccc(-c2ccccc2)c1.CC(C)c1cccc(-c2ccccc2)c1.COc1ccccc1.COc1ccccc1.Cc1cccc(-c2ccccc2)c1.Cc1cccc(C)c1-c1ccccc1.Cc1ccccc1-c1ccccc1.OCc1ccccc1. The second-order valence-electron chi connectivity index (χ2n) is 30.9. The molecule has 0 atom stereocenters. The molecule has 0 aromatic heterocycles. The topological polar surface area (TPSA) is 38.7 Å². The lowest BCUT2D eigenvalue weighted by molar-refractivity contribution is 0.282. The summed E-state index contributed by atoms with van der Waals surface area (Å²) >= 11 is 0. The number of rotatable bonds is 11. The van der Waals surface area contributed by atoms with Gasteiger partial charge in [-0.15, -0.1) is 0 Å². The van der Waals surface area contributed by atoms with Crippen LogP contribution in [0.25, 0.3) is 77.9 Å². The van der Waals surface area contributed by atoms with Gasteiger partial charge in [0.15, 0.2) is 0 Å². The quantitative estimate of drug-likeness (QED) is 0.140. The summed E-state index contributed by atoms with van der Waals surface area (Å²) in [5.74, 6) is 2.41. The third kappa shape index (κ3) is 31.1. The van der Waals surface area contributed by atoms with Gasteiger partial charge in [0.1, 0.15) is 11.5 Å². The predicted molar refractivity (Wildman–Crippen MR) is 505 cm³/mol. The van der Waals surface area contributed by atoms with Crippen LogP contribution in [0.4, 0.5) is 0 Å². The van der Waals surface area contributed by atoms with E-state index in [1.54, 1.807) is 14.2 Å². The van der Waals surface area contributed by atoms with E-state index >= 15 is 0 Å². The molecule has 0 bridgehead atoms. The van der Waals surface area contributed by atoms with Crippen molar-refractivity contribution in [3.63, 3.8) is 0 Å². The highest BCUT2D eigenvalue weighted by molar-refractivity contribution is 5.75. The molecule has 0 saturated carbocycles. The summed E-state index contributed by atoms with van der Waals surface area (Å²) in [5.41, 5.74) is 28.9. The monoisotopic (exact) mass is 1530 g/mol. The van der Waals surface area contributed by atoms with Gasteiger partial charge in [-0.25, -0.2) is 0 Å². The molecule has 0 heterocycles. The highest BCUT2D eigenvalue weighted by Crippen LogP contribution is 2.35. The first-order valence-corrected chi connectivity index (χ1v) is 40.5. The van der Waals surface area contributed by atoms with E-state index in [1.165, 1.54) is 117 Å². The molecule has 592 valence electrons. The Balaban J connectivity index is 0.000000167. The Labute approximate surface area is 701 Å². The zero-order valence-electron chi connectivity index (χ0n) is 71.1. The average Bonchev–Trinajstić information content (AvgIpc) is 0.793. The number of hydrogen-bond acceptors (Lipinski definition) is 3. The molecular formula is C114H118O3. The largest absolute Gasteiger partial charge is 0.497 e. The Bertz CT molecular complexity index is 5200. The number of methoxy groups -OCH3 is 2. The Morgan fingerprint density at radius 2 is 0.538 bits per heavy atom. The molecule has 16 aromatic carbocycles. The van der Waals surface area contributed by atoms with Crippen LogP contribution in [0.3, 0.4) is 0 Å². The molecule has 1 N–H and O–H groups in total. The zero-order valence-corrected chi connectivity index (χ0v) is 71.1. The fourth-order valence-electron chi connectivity index (χ4n) is 12.7. The van der Waals surface area contributed by atoms with Crippen molar-refractivity contribution in [1.29, 1.82) is 0 Å². The van der Waals surface area contributed by atoms with Gasteiger partial charge < -0.3 is 14.6 Å². The standard InChI is InChI=1S/C22H22.C16H18.C15H16.C14H14.2C13H12.3C7H8O/c1-22(2,3)21-15-19(17-10-6-4-7-11-17)14-20(16-21)18-12-8-5-9-13-18;1-16(2,3)15-11-7-10-14(12-15)13-8-5-4-6-9-13;1-12(2)14-9-6-10-15(11-14)13-7-4-3-5-8-13;1-11-7-6-8-12(2)14(11)13-9-4-3-5-10-13;1-11-7-5-6-10-13(11)12-8-3-2-4-9-12;1-11-6-5-9-13(10-11)12-7-3-2-4-8-12;2*1-8-7-5-3-2-4-6-7;8-6-7-4-2-1-3-5-7/h4-16H,1-3H3;4-12H,1-3H3;3-12H,1-2H3;3-10H,1-2H3;2*2-10H,1H3;2*2-6H,1H3;1-5,8H,6H2. The van der Waals surface area contributed by atoms with Crippen molar-refractivity contribution in [2.75, 3.05) is 14.2 Å². The van der Waals surface area contributed by atoms with Gasteiger partial charge >= 0.3 is 0 Å². The number of aliphatic hydroxyl groups excluding tert-OH is 1. The maximum absolute atomic E-state index is 8.54. The first-order chi connectivity index (χ1) is 56.7. The van der Waals surface area contributed by atoms with Gasteiger partial charge in [-0.1, -0.05) is 467 Å². The molecule has 0 aliphatic rings. The number of para-hydroxylation sites is 2. The van der Waals surface area contributed by atoms with Gasteiger partial charge in [0.25, 0.3) is 0 Å². The Morgan fingerprint density at radius 3 is 0.889 bits per heavy atom. The first kappa shape index (κ1) is 89.6. The lowest BCUT2D eigenvalue weighted by Crippen LogP contribution is -2.11. The summed E-state index contributed by atoms with van der Waals surface area (Å²) in [5, 5.41) is 8.54. The molecular weight excluding hydrogens is 1420 g/mol. The molecule has 117 heavy (non-hydrogen) atoms. The van der Waals surface area contributed by atoms with E-state index in [1.807, 2.05) is 103 Å². The fraction of sp³-hybridized carbons (Fsp3) is 0.158. The highest BCUT2D eigenvalue weighted by Gasteiger charge is 2.17. The molecule has 0 radical (unpaired) electrons. The van der Waals surface area contributed by atoms with Crippen LogP contribution in [-0.4, -0.2) is 19.3 Å². The minimum Gasteiger partial charge on any atom is -0.497 e. The molecule has 0 aliphatic carbocycles. The fourth-order valence-corrected chi connectivity index (χ4v) is 12.7. The van der Waals surface area contributed by atoms with Crippen molar-refractivity contribution >= 4 is 0 Å². The van der Waals surface area contributed by atoms with Crippen molar-refractivity contribution in [2.45, 2.75) is 106 Å². The van der Waals surface area contributed by atoms with E-state index < -0.39 is 0 Å². The normalized spacial score (nSPS) is 10.3. The second-order valence-corrected chi connectivity index (χ2v) is 30.9. The van der Waals surface area contributed by atoms with Crippen molar-refractivity contribution in [3.05, 3.63) is 481 Å². The lowest BCUT2D eigenvalue weighted by atomic mass is 9.83. The molecule has 0 amide bonds.